The average molecular weight is 494 g/mol. The van der Waals surface area contributed by atoms with Gasteiger partial charge in [-0.3, -0.25) is 4.79 Å². The van der Waals surface area contributed by atoms with Gasteiger partial charge in [0.2, 0.25) is 5.91 Å². The standard InChI is InChI=1S/C29H29N6O2/c1-2-20-15-24(20)29(36)34-14-6-7-19(16-34)17-35-28-25(27(30)31-18-32-28)26(33-35)21-10-12-23(13-11-21)37-22-8-4-3-5-9-22/h1-5,8-13,18-20,24H,6-7,14-17H2,(H2,30,31,32). The van der Waals surface area contributed by atoms with Crippen molar-refractivity contribution >= 4 is 22.8 Å². The SMILES string of the molecule is [CH]=CC1CC1C(=O)N1CCCC(Cn2nc(-c3ccc(Oc4ccccc4)cc3)c3c(N)ncnc32)C1. The molecule has 1 amide bonds. The number of nitrogens with two attached hydrogens (primary N) is 1. The van der Waals surface area contributed by atoms with E-state index in [0.29, 0.717) is 18.0 Å². The summed E-state index contributed by atoms with van der Waals surface area (Å²) in [6.45, 7) is 7.82. The highest BCUT2D eigenvalue weighted by atomic mass is 16.5. The highest BCUT2D eigenvalue weighted by Crippen LogP contribution is 2.41. The van der Waals surface area contributed by atoms with Crippen LogP contribution in [0.3, 0.4) is 0 Å². The molecule has 37 heavy (non-hydrogen) atoms. The van der Waals surface area contributed by atoms with Gasteiger partial charge >= 0.3 is 0 Å². The number of aromatic nitrogens is 4. The molecule has 8 heteroatoms. The minimum absolute atomic E-state index is 0.0577. The van der Waals surface area contributed by atoms with Gasteiger partial charge in [-0.1, -0.05) is 30.9 Å². The summed E-state index contributed by atoms with van der Waals surface area (Å²) in [5.74, 6) is 2.71. The van der Waals surface area contributed by atoms with E-state index >= 15 is 0 Å². The van der Waals surface area contributed by atoms with Crippen molar-refractivity contribution in [1.29, 1.82) is 0 Å². The molecular weight excluding hydrogens is 464 g/mol. The molecule has 2 aromatic heterocycles. The molecule has 8 nitrogen and oxygen atoms in total. The van der Waals surface area contributed by atoms with E-state index in [1.807, 2.05) is 64.2 Å². The first-order valence-electron chi connectivity index (χ1n) is 12.7. The fraction of sp³-hybridized carbons (Fsp3) is 0.310. The number of rotatable bonds is 7. The Kier molecular flexibility index (Phi) is 6.08. The van der Waals surface area contributed by atoms with Crippen LogP contribution in [0.15, 0.2) is 67.0 Å². The first kappa shape index (κ1) is 23.2. The van der Waals surface area contributed by atoms with E-state index in [1.165, 1.54) is 6.33 Å². The highest BCUT2D eigenvalue weighted by Gasteiger charge is 2.43. The van der Waals surface area contributed by atoms with Crippen LogP contribution in [-0.2, 0) is 11.3 Å². The molecule has 1 aliphatic heterocycles. The predicted octanol–water partition coefficient (Wildman–Crippen LogP) is 4.73. The summed E-state index contributed by atoms with van der Waals surface area (Å²) in [6, 6.07) is 17.4. The number of carbonyl (C=O) groups excluding carboxylic acids is 1. The number of ether oxygens (including phenoxy) is 1. The van der Waals surface area contributed by atoms with Crippen LogP contribution in [-0.4, -0.2) is 43.6 Å². The molecule has 2 N–H and O–H groups in total. The minimum Gasteiger partial charge on any atom is -0.457 e. The zero-order chi connectivity index (χ0) is 25.4. The van der Waals surface area contributed by atoms with Crippen LogP contribution < -0.4 is 10.5 Å². The molecule has 2 fully saturated rings. The summed E-state index contributed by atoms with van der Waals surface area (Å²) in [5, 5.41) is 5.68. The molecule has 187 valence electrons. The number of piperidine rings is 1. The summed E-state index contributed by atoms with van der Waals surface area (Å²) in [7, 11) is 0. The van der Waals surface area contributed by atoms with Crippen molar-refractivity contribution in [3.8, 4) is 22.8 Å². The zero-order valence-electron chi connectivity index (χ0n) is 20.5. The summed E-state index contributed by atoms with van der Waals surface area (Å²) < 4.78 is 7.85. The number of hydrogen-bond acceptors (Lipinski definition) is 6. The second-order valence-corrected chi connectivity index (χ2v) is 9.92. The van der Waals surface area contributed by atoms with Crippen molar-refractivity contribution in [1.82, 2.24) is 24.6 Å². The monoisotopic (exact) mass is 493 g/mol. The Morgan fingerprint density at radius 3 is 2.65 bits per heavy atom. The van der Waals surface area contributed by atoms with Crippen molar-refractivity contribution in [2.24, 2.45) is 17.8 Å². The first-order chi connectivity index (χ1) is 18.1. The Balaban J connectivity index is 1.24. The molecular formula is C29H29N6O2. The topological polar surface area (TPSA) is 99.2 Å². The van der Waals surface area contributed by atoms with Crippen LogP contribution in [0.25, 0.3) is 22.3 Å². The van der Waals surface area contributed by atoms with Crippen LogP contribution in [0, 0.1) is 24.3 Å². The number of nitrogen functional groups attached to an aromatic ring is 1. The van der Waals surface area contributed by atoms with Crippen LogP contribution in [0.2, 0.25) is 0 Å². The van der Waals surface area contributed by atoms with Crippen LogP contribution in [0.5, 0.6) is 11.5 Å². The molecule has 0 bridgehead atoms. The number of nitrogens with zero attached hydrogens (tertiary/aromatic N) is 5. The smallest absolute Gasteiger partial charge is 0.226 e. The summed E-state index contributed by atoms with van der Waals surface area (Å²) >= 11 is 0. The number of para-hydroxylation sites is 1. The minimum atomic E-state index is 0.0577. The molecule has 1 aliphatic carbocycles. The summed E-state index contributed by atoms with van der Waals surface area (Å²) in [6.07, 6.45) is 6.01. The Morgan fingerprint density at radius 1 is 1.11 bits per heavy atom. The van der Waals surface area contributed by atoms with Gasteiger partial charge in [0.1, 0.15) is 29.3 Å². The third kappa shape index (κ3) is 4.67. The average Bonchev–Trinajstić information content (AvgIpc) is 3.64. The number of hydrogen-bond donors (Lipinski definition) is 1. The number of anilines is 1. The fourth-order valence-corrected chi connectivity index (χ4v) is 5.27. The van der Waals surface area contributed by atoms with Crippen molar-refractivity contribution < 1.29 is 9.53 Å². The molecule has 2 aromatic carbocycles. The van der Waals surface area contributed by atoms with Crippen molar-refractivity contribution in [3.63, 3.8) is 0 Å². The van der Waals surface area contributed by atoms with Crippen LogP contribution in [0.1, 0.15) is 19.3 Å². The number of allylic oxidation sites excluding steroid dienone is 1. The van der Waals surface area contributed by atoms with Crippen LogP contribution in [0.4, 0.5) is 5.82 Å². The summed E-state index contributed by atoms with van der Waals surface area (Å²) in [5.41, 5.74) is 8.65. The maximum absolute atomic E-state index is 12.9. The van der Waals surface area contributed by atoms with Gasteiger partial charge in [-0.2, -0.15) is 5.10 Å². The Morgan fingerprint density at radius 2 is 1.89 bits per heavy atom. The summed E-state index contributed by atoms with van der Waals surface area (Å²) in [4.78, 5) is 23.7. The number of likely N-dealkylation sites (tertiary alicyclic amines) is 1. The highest BCUT2D eigenvalue weighted by molar-refractivity contribution is 5.98. The van der Waals surface area contributed by atoms with Gasteiger partial charge in [-0.05, 0) is 67.5 Å². The van der Waals surface area contributed by atoms with Crippen molar-refractivity contribution in [2.75, 3.05) is 18.8 Å². The van der Waals surface area contributed by atoms with Gasteiger partial charge in [0.25, 0.3) is 0 Å². The third-order valence-corrected chi connectivity index (χ3v) is 7.33. The second kappa shape index (κ2) is 9.69. The maximum atomic E-state index is 12.9. The molecule has 3 unspecified atom stereocenters. The Hall–Kier alpha value is -4.20. The van der Waals surface area contributed by atoms with Crippen LogP contribution >= 0.6 is 0 Å². The van der Waals surface area contributed by atoms with E-state index in [9.17, 15) is 4.79 Å². The van der Waals surface area contributed by atoms with E-state index in [-0.39, 0.29) is 23.7 Å². The van der Waals surface area contributed by atoms with Gasteiger partial charge in [0.05, 0.1) is 5.39 Å². The van der Waals surface area contributed by atoms with Gasteiger partial charge in [0, 0.05) is 31.1 Å². The van der Waals surface area contributed by atoms with E-state index < -0.39 is 0 Å². The van der Waals surface area contributed by atoms with Gasteiger partial charge in [-0.25, -0.2) is 14.6 Å². The van der Waals surface area contributed by atoms with Gasteiger partial charge in [0.15, 0.2) is 5.65 Å². The van der Waals surface area contributed by atoms with Crippen molar-refractivity contribution in [3.05, 3.63) is 73.6 Å². The predicted molar refractivity (Wildman–Crippen MR) is 141 cm³/mol. The molecule has 1 saturated carbocycles. The number of benzene rings is 2. The maximum Gasteiger partial charge on any atom is 0.226 e. The molecule has 1 radical (unpaired) electrons. The largest absolute Gasteiger partial charge is 0.457 e. The van der Waals surface area contributed by atoms with E-state index in [2.05, 4.69) is 9.97 Å². The lowest BCUT2D eigenvalue weighted by Crippen LogP contribution is -2.42. The lowest BCUT2D eigenvalue weighted by Gasteiger charge is -2.33. The lowest BCUT2D eigenvalue weighted by atomic mass is 9.97. The molecule has 2 aliphatic rings. The zero-order valence-corrected chi connectivity index (χ0v) is 20.5. The van der Waals surface area contributed by atoms with Crippen molar-refractivity contribution in [2.45, 2.75) is 25.8 Å². The van der Waals surface area contributed by atoms with Gasteiger partial charge in [-0.15, -0.1) is 0 Å². The second-order valence-electron chi connectivity index (χ2n) is 9.92. The van der Waals surface area contributed by atoms with E-state index in [4.69, 9.17) is 22.1 Å². The lowest BCUT2D eigenvalue weighted by molar-refractivity contribution is -0.134. The normalized spacial score (nSPS) is 21.1. The number of amides is 1. The Bertz CT molecular complexity index is 1430. The molecule has 3 atom stereocenters. The molecule has 1 saturated heterocycles. The molecule has 3 heterocycles. The molecule has 6 rings (SSSR count). The molecule has 4 aromatic rings. The molecule has 0 spiro atoms. The van der Waals surface area contributed by atoms with E-state index in [0.717, 1.165) is 60.5 Å². The Labute approximate surface area is 215 Å². The fourth-order valence-electron chi connectivity index (χ4n) is 5.27. The van der Waals surface area contributed by atoms with Gasteiger partial charge < -0.3 is 15.4 Å². The quantitative estimate of drug-likeness (QED) is 0.400. The van der Waals surface area contributed by atoms with E-state index in [1.54, 1.807) is 6.08 Å². The first-order valence-corrected chi connectivity index (χ1v) is 12.7. The number of carbonyl (C=O) groups is 1. The third-order valence-electron chi connectivity index (χ3n) is 7.33. The number of fused-ring (bicyclic) bond motifs is 1.